The van der Waals surface area contributed by atoms with Crippen molar-refractivity contribution in [2.24, 2.45) is 11.8 Å². The summed E-state index contributed by atoms with van der Waals surface area (Å²) in [6.07, 6.45) is -0.612. The molecule has 41 heavy (non-hydrogen) atoms. The highest BCUT2D eigenvalue weighted by atomic mass is 32.2. The molecule has 2 heterocycles. The average Bonchev–Trinajstić information content (AvgIpc) is 3.29. The molecule has 2 aromatic carbocycles. The van der Waals surface area contributed by atoms with Gasteiger partial charge in [0.25, 0.3) is 5.69 Å². The van der Waals surface area contributed by atoms with E-state index in [1.165, 1.54) is 29.2 Å². The Morgan fingerprint density at radius 3 is 2.51 bits per heavy atom. The Bertz CT molecular complexity index is 1460. The molecular formula is C28H35FN4O7S. The van der Waals surface area contributed by atoms with Gasteiger partial charge in [0.05, 0.1) is 23.4 Å². The van der Waals surface area contributed by atoms with Gasteiger partial charge in [0.1, 0.15) is 11.9 Å². The van der Waals surface area contributed by atoms with Crippen LogP contribution >= 0.6 is 0 Å². The molecule has 13 heteroatoms. The maximum absolute atomic E-state index is 14.0. The van der Waals surface area contributed by atoms with Gasteiger partial charge in [0.15, 0.2) is 4.90 Å². The van der Waals surface area contributed by atoms with Gasteiger partial charge in [0, 0.05) is 30.4 Å². The van der Waals surface area contributed by atoms with E-state index in [4.69, 9.17) is 4.74 Å². The third kappa shape index (κ3) is 6.41. The highest BCUT2D eigenvalue weighted by Crippen LogP contribution is 2.34. The van der Waals surface area contributed by atoms with Gasteiger partial charge in [-0.1, -0.05) is 32.0 Å². The number of aryl methyl sites for hydroxylation is 1. The number of nitrogens with zero attached hydrogens (tertiary/aromatic N) is 3. The molecule has 2 fully saturated rings. The topological polar surface area (TPSA) is 139 Å². The molecule has 2 saturated heterocycles. The predicted molar refractivity (Wildman–Crippen MR) is 149 cm³/mol. The quantitative estimate of drug-likeness (QED) is 0.266. The van der Waals surface area contributed by atoms with Crippen molar-refractivity contribution < 1.29 is 32.1 Å². The lowest BCUT2D eigenvalue weighted by Crippen LogP contribution is -2.65. The lowest BCUT2D eigenvalue weighted by Gasteiger charge is -2.48. The minimum atomic E-state index is -4.44. The number of halogens is 1. The molecule has 222 valence electrons. The molecule has 0 radical (unpaired) electrons. The van der Waals surface area contributed by atoms with E-state index in [0.29, 0.717) is 5.69 Å². The summed E-state index contributed by atoms with van der Waals surface area (Å²) in [5.41, 5.74) is -0.0934. The Balaban J connectivity index is 1.65. The second-order valence-corrected chi connectivity index (χ2v) is 13.3. The summed E-state index contributed by atoms with van der Waals surface area (Å²) in [6, 6.07) is 8.22. The summed E-state index contributed by atoms with van der Waals surface area (Å²) in [4.78, 5) is 39.6. The average molecular weight is 591 g/mol. The summed E-state index contributed by atoms with van der Waals surface area (Å²) in [6.45, 7) is 9.36. The number of carbonyl (C=O) groups is 2. The van der Waals surface area contributed by atoms with Gasteiger partial charge in [0.2, 0.25) is 15.9 Å². The van der Waals surface area contributed by atoms with Gasteiger partial charge in [-0.25, -0.2) is 17.5 Å². The summed E-state index contributed by atoms with van der Waals surface area (Å²) >= 11 is 0. The number of sulfonamides is 1. The maximum Gasteiger partial charge on any atom is 0.309 e. The first-order valence-corrected chi connectivity index (χ1v) is 14.9. The van der Waals surface area contributed by atoms with Gasteiger partial charge in [-0.2, -0.15) is 0 Å². The number of carbonyl (C=O) groups excluding carboxylic acids is 2. The monoisotopic (exact) mass is 590 g/mol. The van der Waals surface area contributed by atoms with Crippen LogP contribution < -0.4 is 9.62 Å². The van der Waals surface area contributed by atoms with Gasteiger partial charge >= 0.3 is 5.97 Å². The zero-order chi connectivity index (χ0) is 30.3. The van der Waals surface area contributed by atoms with Crippen LogP contribution in [0.15, 0.2) is 47.4 Å². The van der Waals surface area contributed by atoms with Crippen LogP contribution in [0.3, 0.4) is 0 Å². The molecule has 0 aromatic heterocycles. The van der Waals surface area contributed by atoms with E-state index < -0.39 is 60.9 Å². The highest BCUT2D eigenvalue weighted by molar-refractivity contribution is 7.89. The van der Waals surface area contributed by atoms with E-state index in [2.05, 4.69) is 4.72 Å². The Hall–Kier alpha value is -3.42. The number of amides is 1. The minimum Gasteiger partial charge on any atom is -0.460 e. The summed E-state index contributed by atoms with van der Waals surface area (Å²) in [5.74, 6) is -1.70. The van der Waals surface area contributed by atoms with Crippen molar-refractivity contribution in [3.8, 4) is 0 Å². The first-order chi connectivity index (χ1) is 19.1. The summed E-state index contributed by atoms with van der Waals surface area (Å²) in [5, 5.41) is 11.6. The van der Waals surface area contributed by atoms with Crippen LogP contribution in [0, 0.1) is 34.7 Å². The molecular weight excluding hydrogens is 555 g/mol. The molecule has 4 rings (SSSR count). The van der Waals surface area contributed by atoms with Crippen molar-refractivity contribution in [2.75, 3.05) is 24.5 Å². The van der Waals surface area contributed by atoms with Crippen LogP contribution in [0.4, 0.5) is 15.8 Å². The number of nitrogens with one attached hydrogen (secondary N) is 1. The van der Waals surface area contributed by atoms with E-state index in [1.54, 1.807) is 17.9 Å². The zero-order valence-electron chi connectivity index (χ0n) is 23.7. The third-order valence-electron chi connectivity index (χ3n) is 7.88. The fraction of sp³-hybridized carbons (Fsp3) is 0.500. The fourth-order valence-electron chi connectivity index (χ4n) is 5.43. The Morgan fingerprint density at radius 1 is 1.20 bits per heavy atom. The number of esters is 1. The smallest absolute Gasteiger partial charge is 0.309 e. The van der Waals surface area contributed by atoms with Crippen molar-refractivity contribution in [3.05, 3.63) is 64.0 Å². The zero-order valence-corrected chi connectivity index (χ0v) is 24.5. The number of cyclic esters (lactones) is 1. The number of nitro groups is 1. The number of nitro benzene ring substituents is 1. The van der Waals surface area contributed by atoms with Crippen LogP contribution in [0.1, 0.15) is 39.7 Å². The van der Waals surface area contributed by atoms with Crippen molar-refractivity contribution in [2.45, 2.75) is 63.6 Å². The highest BCUT2D eigenvalue weighted by Gasteiger charge is 2.46. The number of para-hydroxylation sites is 1. The number of anilines is 1. The molecule has 1 amide bonds. The molecule has 1 N–H and O–H groups in total. The number of piperazine rings is 1. The van der Waals surface area contributed by atoms with E-state index in [1.807, 2.05) is 27.7 Å². The molecule has 3 atom stereocenters. The van der Waals surface area contributed by atoms with Crippen molar-refractivity contribution in [3.63, 3.8) is 0 Å². The van der Waals surface area contributed by atoms with Crippen molar-refractivity contribution >= 4 is 33.3 Å². The van der Waals surface area contributed by atoms with Gasteiger partial charge < -0.3 is 9.64 Å². The molecule has 2 aliphatic rings. The maximum atomic E-state index is 14.0. The van der Waals surface area contributed by atoms with Gasteiger partial charge in [-0.3, -0.25) is 24.6 Å². The Labute approximate surface area is 238 Å². The number of ether oxygens (including phenoxy) is 1. The second kappa shape index (κ2) is 11.5. The van der Waals surface area contributed by atoms with Gasteiger partial charge in [-0.05, 0) is 56.9 Å². The molecule has 2 aliphatic heterocycles. The Kier molecular flexibility index (Phi) is 8.53. The molecule has 0 saturated carbocycles. The van der Waals surface area contributed by atoms with Crippen LogP contribution in [-0.2, 0) is 24.3 Å². The number of rotatable bonds is 9. The lowest BCUT2D eigenvalue weighted by molar-refractivity contribution is -0.387. The molecule has 0 bridgehead atoms. The summed E-state index contributed by atoms with van der Waals surface area (Å²) < 4.78 is 49.3. The van der Waals surface area contributed by atoms with Crippen LogP contribution in [-0.4, -0.2) is 67.4 Å². The SMILES string of the molecule is Cc1ccc(F)cc1N1CC(C)(C)N(C[C@H](NS(=O)(=O)c2ccccc2[N+](=O)[O-])[C@@H]2C[C@@H](C(C)C)C(=O)O2)CC1=O. The number of hydrogen-bond acceptors (Lipinski definition) is 8. The molecule has 11 nitrogen and oxygen atoms in total. The first kappa shape index (κ1) is 30.5. The predicted octanol–water partition coefficient (Wildman–Crippen LogP) is 3.40. The van der Waals surface area contributed by atoms with Crippen molar-refractivity contribution in [1.29, 1.82) is 0 Å². The molecule has 0 spiro atoms. The lowest BCUT2D eigenvalue weighted by atomic mass is 9.90. The van der Waals surface area contributed by atoms with E-state index >= 15 is 0 Å². The first-order valence-electron chi connectivity index (χ1n) is 13.4. The van der Waals surface area contributed by atoms with Crippen LogP contribution in [0.2, 0.25) is 0 Å². The standard InChI is InChI=1S/C28H35FN4O7S/c1-17(2)20-13-24(40-27(20)35)21(30-41(38,39)25-9-7-6-8-22(25)33(36)37)14-31-15-26(34)32(16-28(31,4)5)23-12-19(29)11-10-18(23)3/h6-12,17,20-21,24,30H,13-16H2,1-5H3/t20-,21-,24-/m0/s1. The van der Waals surface area contributed by atoms with Gasteiger partial charge in [-0.15, -0.1) is 0 Å². The fourth-order valence-corrected chi connectivity index (χ4v) is 6.86. The second-order valence-electron chi connectivity index (χ2n) is 11.6. The normalized spacial score (nSPS) is 22.2. The largest absolute Gasteiger partial charge is 0.460 e. The van der Waals surface area contributed by atoms with Crippen molar-refractivity contribution in [1.82, 2.24) is 9.62 Å². The molecule has 2 aromatic rings. The van der Waals surface area contributed by atoms with Crippen LogP contribution in [0.5, 0.6) is 0 Å². The summed E-state index contributed by atoms with van der Waals surface area (Å²) in [7, 11) is -4.44. The number of benzene rings is 2. The van der Waals surface area contributed by atoms with Crippen LogP contribution in [0.25, 0.3) is 0 Å². The molecule has 0 unspecified atom stereocenters. The number of hydrogen-bond donors (Lipinski definition) is 1. The van der Waals surface area contributed by atoms with E-state index in [9.17, 15) is 32.5 Å². The Morgan fingerprint density at radius 2 is 1.88 bits per heavy atom. The van der Waals surface area contributed by atoms with E-state index in [-0.39, 0.29) is 37.9 Å². The van der Waals surface area contributed by atoms with E-state index in [0.717, 1.165) is 17.7 Å². The third-order valence-corrected chi connectivity index (χ3v) is 9.41. The molecule has 0 aliphatic carbocycles. The minimum absolute atomic E-state index is 0.0165.